The van der Waals surface area contributed by atoms with Crippen molar-refractivity contribution < 1.29 is 29.4 Å². The van der Waals surface area contributed by atoms with Gasteiger partial charge in [-0.15, -0.1) is 0 Å². The maximum Gasteiger partial charge on any atom is 0.316 e. The number of hydrogen-bond donors (Lipinski definition) is 4. The van der Waals surface area contributed by atoms with Gasteiger partial charge in [0, 0.05) is 6.92 Å². The lowest BCUT2D eigenvalue weighted by Crippen LogP contribution is -2.50. The SMILES string of the molecule is CC(=O)NC(CO)C(=O)NCC(=O)C(C)(C)C(=O)O.CC(C)C. The number of hydrogen-bond acceptors (Lipinski definition) is 5. The van der Waals surface area contributed by atoms with Gasteiger partial charge in [-0.3, -0.25) is 19.2 Å². The van der Waals surface area contributed by atoms with Crippen LogP contribution in [0.1, 0.15) is 41.5 Å². The Morgan fingerprint density at radius 3 is 1.83 bits per heavy atom. The minimum atomic E-state index is -1.62. The molecule has 0 aliphatic rings. The smallest absolute Gasteiger partial charge is 0.316 e. The molecule has 0 heterocycles. The number of nitrogens with one attached hydrogen (secondary N) is 2. The zero-order chi connectivity index (χ0) is 18.8. The Labute approximate surface area is 136 Å². The average Bonchev–Trinajstić information content (AvgIpc) is 2.40. The van der Waals surface area contributed by atoms with Gasteiger partial charge in [-0.2, -0.15) is 0 Å². The van der Waals surface area contributed by atoms with E-state index in [2.05, 4.69) is 31.4 Å². The quantitative estimate of drug-likeness (QED) is 0.483. The third kappa shape index (κ3) is 10.4. The first-order valence-electron chi connectivity index (χ1n) is 7.28. The Bertz CT molecular complexity index is 429. The molecule has 0 fully saturated rings. The number of Topliss-reactive ketones (excluding diaryl/α,β-unsaturated/α-hetero) is 1. The summed E-state index contributed by atoms with van der Waals surface area (Å²) in [5.41, 5.74) is -1.62. The summed E-state index contributed by atoms with van der Waals surface area (Å²) < 4.78 is 0. The van der Waals surface area contributed by atoms with Gasteiger partial charge in [-0.25, -0.2) is 0 Å². The molecule has 2 amide bonds. The van der Waals surface area contributed by atoms with Gasteiger partial charge < -0.3 is 20.8 Å². The van der Waals surface area contributed by atoms with Gasteiger partial charge >= 0.3 is 5.97 Å². The molecule has 0 spiro atoms. The first-order chi connectivity index (χ1) is 10.4. The molecule has 1 unspecified atom stereocenters. The summed E-state index contributed by atoms with van der Waals surface area (Å²) >= 11 is 0. The predicted octanol–water partition coefficient (Wildman–Crippen LogP) is -0.0582. The summed E-state index contributed by atoms with van der Waals surface area (Å²) in [6, 6.07) is -1.17. The van der Waals surface area contributed by atoms with E-state index in [1.165, 1.54) is 20.8 Å². The summed E-state index contributed by atoms with van der Waals surface area (Å²) in [6.45, 7) is 9.01. The number of aliphatic hydroxyl groups excluding tert-OH is 1. The van der Waals surface area contributed by atoms with Gasteiger partial charge in [0.25, 0.3) is 0 Å². The molecule has 1 atom stereocenters. The summed E-state index contributed by atoms with van der Waals surface area (Å²) in [6.07, 6.45) is 0. The second-order valence-electron chi connectivity index (χ2n) is 6.24. The van der Waals surface area contributed by atoms with Crippen molar-refractivity contribution in [3.05, 3.63) is 0 Å². The van der Waals surface area contributed by atoms with E-state index >= 15 is 0 Å². The van der Waals surface area contributed by atoms with Crippen LogP contribution in [0, 0.1) is 11.3 Å². The second-order valence-corrected chi connectivity index (χ2v) is 6.24. The molecular formula is C15H28N2O6. The van der Waals surface area contributed by atoms with Crippen molar-refractivity contribution in [1.82, 2.24) is 10.6 Å². The van der Waals surface area contributed by atoms with Gasteiger partial charge in [0.05, 0.1) is 13.2 Å². The summed E-state index contributed by atoms with van der Waals surface area (Å²) in [5.74, 6) is -2.42. The number of carboxylic acid groups (broad SMARTS) is 1. The van der Waals surface area contributed by atoms with E-state index < -0.39 is 48.2 Å². The number of amides is 2. The second kappa shape index (κ2) is 10.7. The van der Waals surface area contributed by atoms with Crippen LogP contribution in [0.4, 0.5) is 0 Å². The molecule has 0 bridgehead atoms. The number of carbonyl (C=O) groups excluding carboxylic acids is 3. The number of carboxylic acids is 1. The lowest BCUT2D eigenvalue weighted by atomic mass is 9.88. The number of aliphatic carboxylic acids is 1. The van der Waals surface area contributed by atoms with Crippen LogP contribution in [-0.2, 0) is 19.2 Å². The van der Waals surface area contributed by atoms with Gasteiger partial charge in [0.1, 0.15) is 11.5 Å². The lowest BCUT2D eigenvalue weighted by molar-refractivity contribution is -0.152. The minimum Gasteiger partial charge on any atom is -0.481 e. The maximum absolute atomic E-state index is 11.6. The van der Waals surface area contributed by atoms with E-state index in [4.69, 9.17) is 10.2 Å². The van der Waals surface area contributed by atoms with Crippen LogP contribution in [0.3, 0.4) is 0 Å². The Hall–Kier alpha value is -1.96. The summed E-state index contributed by atoms with van der Waals surface area (Å²) in [7, 11) is 0. The Balaban J connectivity index is 0. The monoisotopic (exact) mass is 332 g/mol. The highest BCUT2D eigenvalue weighted by Crippen LogP contribution is 2.15. The van der Waals surface area contributed by atoms with Crippen LogP contribution in [0.5, 0.6) is 0 Å². The molecule has 8 nitrogen and oxygen atoms in total. The molecule has 0 aromatic carbocycles. The number of carbonyl (C=O) groups is 4. The van der Waals surface area contributed by atoms with E-state index in [1.807, 2.05) is 0 Å². The van der Waals surface area contributed by atoms with Crippen molar-refractivity contribution in [2.45, 2.75) is 47.6 Å². The highest BCUT2D eigenvalue weighted by molar-refractivity contribution is 6.04. The van der Waals surface area contributed by atoms with E-state index in [-0.39, 0.29) is 0 Å². The van der Waals surface area contributed by atoms with E-state index in [0.29, 0.717) is 0 Å². The number of ketones is 1. The summed E-state index contributed by atoms with van der Waals surface area (Å²) in [5, 5.41) is 22.1. The highest BCUT2D eigenvalue weighted by atomic mass is 16.4. The van der Waals surface area contributed by atoms with Crippen LogP contribution < -0.4 is 10.6 Å². The van der Waals surface area contributed by atoms with Crippen LogP contribution >= 0.6 is 0 Å². The van der Waals surface area contributed by atoms with Crippen LogP contribution in [0.25, 0.3) is 0 Å². The molecule has 0 saturated heterocycles. The molecule has 0 radical (unpaired) electrons. The molecule has 0 rings (SSSR count). The fourth-order valence-corrected chi connectivity index (χ4v) is 1.07. The lowest BCUT2D eigenvalue weighted by Gasteiger charge is -2.19. The van der Waals surface area contributed by atoms with Crippen LogP contribution in [0.15, 0.2) is 0 Å². The largest absolute Gasteiger partial charge is 0.481 e. The van der Waals surface area contributed by atoms with Crippen LogP contribution in [0.2, 0.25) is 0 Å². The minimum absolute atomic E-state index is 0.492. The molecule has 134 valence electrons. The molecule has 0 aliphatic carbocycles. The fraction of sp³-hybridized carbons (Fsp3) is 0.733. The van der Waals surface area contributed by atoms with Gasteiger partial charge in [0.2, 0.25) is 11.8 Å². The van der Waals surface area contributed by atoms with Crippen molar-refractivity contribution in [2.75, 3.05) is 13.2 Å². The van der Waals surface area contributed by atoms with Gasteiger partial charge in [-0.1, -0.05) is 20.8 Å². The van der Waals surface area contributed by atoms with Crippen molar-refractivity contribution in [1.29, 1.82) is 0 Å². The fourth-order valence-electron chi connectivity index (χ4n) is 1.07. The van der Waals surface area contributed by atoms with Gasteiger partial charge in [0.15, 0.2) is 5.78 Å². The number of rotatable bonds is 7. The number of aliphatic hydroxyl groups is 1. The third-order valence-corrected chi connectivity index (χ3v) is 2.53. The molecule has 0 aromatic rings. The predicted molar refractivity (Wildman–Crippen MR) is 84.6 cm³/mol. The first-order valence-corrected chi connectivity index (χ1v) is 7.28. The van der Waals surface area contributed by atoms with Crippen molar-refractivity contribution in [3.8, 4) is 0 Å². The normalized spacial score (nSPS) is 11.8. The maximum atomic E-state index is 11.6. The summed E-state index contributed by atoms with van der Waals surface area (Å²) in [4.78, 5) is 44.7. The Morgan fingerprint density at radius 2 is 1.52 bits per heavy atom. The molecular weight excluding hydrogens is 304 g/mol. The van der Waals surface area contributed by atoms with Crippen LogP contribution in [-0.4, -0.2) is 53.0 Å². The Kier molecular flexibility index (Phi) is 10.9. The van der Waals surface area contributed by atoms with Crippen molar-refractivity contribution >= 4 is 23.6 Å². The van der Waals surface area contributed by atoms with Crippen molar-refractivity contribution in [3.63, 3.8) is 0 Å². The van der Waals surface area contributed by atoms with Crippen molar-refractivity contribution in [2.24, 2.45) is 11.3 Å². The Morgan fingerprint density at radius 1 is 1.09 bits per heavy atom. The van der Waals surface area contributed by atoms with E-state index in [1.54, 1.807) is 0 Å². The average molecular weight is 332 g/mol. The molecule has 8 heteroatoms. The van der Waals surface area contributed by atoms with Gasteiger partial charge in [-0.05, 0) is 19.8 Å². The first kappa shape index (κ1) is 23.3. The standard InChI is InChI=1S/C11H18N2O6.C4H10/c1-6(15)13-7(5-14)9(17)12-4-8(16)11(2,3)10(18)19;1-4(2)3/h7,14H,4-5H2,1-3H3,(H,12,17)(H,13,15)(H,18,19);4H,1-3H3. The van der Waals surface area contributed by atoms with E-state index in [0.717, 1.165) is 5.92 Å². The van der Waals surface area contributed by atoms with E-state index in [9.17, 15) is 19.2 Å². The molecule has 0 aromatic heterocycles. The zero-order valence-electron chi connectivity index (χ0n) is 14.6. The third-order valence-electron chi connectivity index (χ3n) is 2.53. The molecule has 4 N–H and O–H groups in total. The molecule has 23 heavy (non-hydrogen) atoms. The molecule has 0 saturated carbocycles. The highest BCUT2D eigenvalue weighted by Gasteiger charge is 2.35. The molecule has 0 aliphatic heterocycles. The zero-order valence-corrected chi connectivity index (χ0v) is 14.6. The topological polar surface area (TPSA) is 133 Å².